The Morgan fingerprint density at radius 3 is 1.97 bits per heavy atom. The number of benzene rings is 2. The topological polar surface area (TPSA) is 104 Å². The van der Waals surface area contributed by atoms with E-state index in [9.17, 15) is 19.2 Å². The quantitative estimate of drug-likeness (QED) is 0.445. The van der Waals surface area contributed by atoms with Gasteiger partial charge in [0.2, 0.25) is 11.8 Å². The highest BCUT2D eigenvalue weighted by molar-refractivity contribution is 5.98. The van der Waals surface area contributed by atoms with Gasteiger partial charge in [0, 0.05) is 16.3 Å². The van der Waals surface area contributed by atoms with Crippen molar-refractivity contribution in [2.75, 3.05) is 6.54 Å². The van der Waals surface area contributed by atoms with E-state index in [-0.39, 0.29) is 23.2 Å². The van der Waals surface area contributed by atoms with Crippen molar-refractivity contribution in [2.45, 2.75) is 58.5 Å². The fourth-order valence-corrected chi connectivity index (χ4v) is 2.99. The molecular formula is C26H41N3O4. The van der Waals surface area contributed by atoms with Crippen LogP contribution in [0.25, 0.3) is 0 Å². The predicted molar refractivity (Wildman–Crippen MR) is 136 cm³/mol. The van der Waals surface area contributed by atoms with E-state index < -0.39 is 23.9 Å². The number of nitrogens with one attached hydrogen (secondary N) is 3. The molecule has 0 bridgehead atoms. The molecule has 0 aliphatic rings. The summed E-state index contributed by atoms with van der Waals surface area (Å²) in [7, 11) is 0. The molecule has 0 aliphatic carbocycles. The molecule has 0 fully saturated rings. The van der Waals surface area contributed by atoms with Crippen molar-refractivity contribution in [1.82, 2.24) is 16.0 Å². The zero-order chi connectivity index (χ0) is 24.5. The minimum atomic E-state index is -0.863. The van der Waals surface area contributed by atoms with Crippen LogP contribution in [-0.4, -0.2) is 42.6 Å². The smallest absolute Gasteiger partial charge is 0.251 e. The van der Waals surface area contributed by atoms with E-state index in [1.165, 1.54) is 6.42 Å². The Hall–Kier alpha value is -3.48. The Morgan fingerprint density at radius 1 is 0.848 bits per heavy atom. The molecule has 2 rings (SSSR count). The molecule has 3 amide bonds. The Morgan fingerprint density at radius 2 is 1.42 bits per heavy atom. The number of carbonyl (C=O) groups excluding carboxylic acids is 4. The first-order chi connectivity index (χ1) is 16.0. The second-order valence-corrected chi connectivity index (χ2v) is 7.55. The molecule has 0 spiro atoms. The highest BCUT2D eigenvalue weighted by Gasteiger charge is 2.26. The van der Waals surface area contributed by atoms with Gasteiger partial charge in [0.25, 0.3) is 5.91 Å². The molecule has 2 atom stereocenters. The molecule has 0 aromatic heterocycles. The molecule has 3 N–H and O–H groups in total. The monoisotopic (exact) mass is 459 g/mol. The summed E-state index contributed by atoms with van der Waals surface area (Å²) in [6, 6.07) is 16.3. The fraction of sp³-hybridized carbons (Fsp3) is 0.385. The first kappa shape index (κ1) is 27.6. The summed E-state index contributed by atoms with van der Waals surface area (Å²) in [4.78, 5) is 48.4. The fourth-order valence-electron chi connectivity index (χ4n) is 2.99. The van der Waals surface area contributed by atoms with E-state index >= 15 is 0 Å². The molecule has 0 aliphatic heterocycles. The number of aldehydes is 1. The molecule has 33 heavy (non-hydrogen) atoms. The number of rotatable bonds is 11. The molecule has 0 unspecified atom stereocenters. The lowest BCUT2D eigenvalue weighted by Gasteiger charge is -2.23. The minimum Gasteiger partial charge on any atom is -0.348 e. The van der Waals surface area contributed by atoms with Crippen molar-refractivity contribution in [3.63, 3.8) is 0 Å². The highest BCUT2D eigenvalue weighted by atomic mass is 16.2. The SMILES string of the molecule is CCC.CCC[C@H](NC(=O)[C@H](Cc1ccccc1)NC(=O)c1ccccc1)C(=O)NCC=O.[HH].[HH].[HH]. The summed E-state index contributed by atoms with van der Waals surface area (Å²) in [5, 5.41) is 7.96. The number of carbonyl (C=O) groups is 4. The lowest BCUT2D eigenvalue weighted by molar-refractivity contribution is -0.130. The highest BCUT2D eigenvalue weighted by Crippen LogP contribution is 2.07. The summed E-state index contributed by atoms with van der Waals surface area (Å²) in [6.45, 7) is 6.03. The van der Waals surface area contributed by atoms with Gasteiger partial charge in [0.15, 0.2) is 0 Å². The van der Waals surface area contributed by atoms with Crippen molar-refractivity contribution in [2.24, 2.45) is 0 Å². The van der Waals surface area contributed by atoms with Crippen molar-refractivity contribution < 1.29 is 23.5 Å². The zero-order valence-electron chi connectivity index (χ0n) is 19.7. The van der Waals surface area contributed by atoms with Gasteiger partial charge in [-0.15, -0.1) is 0 Å². The second kappa shape index (κ2) is 16.2. The third kappa shape index (κ3) is 10.6. The molecule has 0 radical (unpaired) electrons. The standard InChI is InChI=1S/C23H27N3O4.C3H8.3H2/c1-2-9-19(22(29)24-14-15-27)25-23(30)20(16-17-10-5-3-6-11-17)26-21(28)18-12-7-4-8-13-18;1-3-2;;;/h3-8,10-13,15,19-20H,2,9,14,16H2,1H3,(H,24,29)(H,25,30)(H,26,28);3H2,1-2H3;3*1H/t19-,20-;;;;/m0..../s1. The lowest BCUT2D eigenvalue weighted by atomic mass is 10.0. The van der Waals surface area contributed by atoms with Gasteiger partial charge in [-0.1, -0.05) is 82.1 Å². The van der Waals surface area contributed by atoms with Crippen molar-refractivity contribution in [3.8, 4) is 0 Å². The molecule has 7 heteroatoms. The van der Waals surface area contributed by atoms with Crippen LogP contribution in [0.3, 0.4) is 0 Å². The van der Waals surface area contributed by atoms with Crippen LogP contribution in [0.2, 0.25) is 0 Å². The summed E-state index contributed by atoms with van der Waals surface area (Å²) in [6.07, 6.45) is 3.20. The summed E-state index contributed by atoms with van der Waals surface area (Å²) < 4.78 is 0. The van der Waals surface area contributed by atoms with E-state index in [4.69, 9.17) is 0 Å². The van der Waals surface area contributed by atoms with Crippen LogP contribution in [0.4, 0.5) is 0 Å². The average molecular weight is 460 g/mol. The van der Waals surface area contributed by atoms with Crippen LogP contribution < -0.4 is 16.0 Å². The van der Waals surface area contributed by atoms with E-state index in [1.54, 1.807) is 30.3 Å². The van der Waals surface area contributed by atoms with E-state index in [2.05, 4.69) is 29.8 Å². The average Bonchev–Trinajstić information content (AvgIpc) is 2.83. The van der Waals surface area contributed by atoms with Gasteiger partial charge >= 0.3 is 0 Å². The van der Waals surface area contributed by atoms with Crippen LogP contribution in [0.15, 0.2) is 60.7 Å². The zero-order valence-corrected chi connectivity index (χ0v) is 19.7. The minimum absolute atomic E-state index is 0. The van der Waals surface area contributed by atoms with Gasteiger partial charge in [-0.25, -0.2) is 0 Å². The molecule has 184 valence electrons. The first-order valence-corrected chi connectivity index (χ1v) is 11.4. The van der Waals surface area contributed by atoms with Crippen molar-refractivity contribution in [3.05, 3.63) is 71.8 Å². The maximum atomic E-state index is 13.0. The van der Waals surface area contributed by atoms with Gasteiger partial charge < -0.3 is 20.7 Å². The molecular weight excluding hydrogens is 418 g/mol. The van der Waals surface area contributed by atoms with Crippen LogP contribution in [-0.2, 0) is 20.8 Å². The van der Waals surface area contributed by atoms with Gasteiger partial charge in [-0.05, 0) is 24.1 Å². The van der Waals surface area contributed by atoms with E-state index in [0.29, 0.717) is 24.7 Å². The summed E-state index contributed by atoms with van der Waals surface area (Å²) in [5.41, 5.74) is 1.32. The predicted octanol–water partition coefficient (Wildman–Crippen LogP) is 3.78. The molecule has 0 saturated heterocycles. The third-order valence-electron chi connectivity index (χ3n) is 4.51. The molecule has 7 nitrogen and oxygen atoms in total. The Labute approximate surface area is 200 Å². The third-order valence-corrected chi connectivity index (χ3v) is 4.51. The first-order valence-electron chi connectivity index (χ1n) is 11.4. The van der Waals surface area contributed by atoms with Crippen LogP contribution in [0, 0.1) is 0 Å². The van der Waals surface area contributed by atoms with Crippen molar-refractivity contribution in [1.29, 1.82) is 0 Å². The molecule has 2 aromatic rings. The summed E-state index contributed by atoms with van der Waals surface area (Å²) in [5.74, 6) is -1.25. The molecule has 0 heterocycles. The van der Waals surface area contributed by atoms with Gasteiger partial charge in [0.1, 0.15) is 18.4 Å². The normalized spacial score (nSPS) is 11.7. The number of hydrogen-bond donors (Lipinski definition) is 3. The lowest BCUT2D eigenvalue weighted by Crippen LogP contribution is -2.54. The Kier molecular flexibility index (Phi) is 13.5. The van der Waals surface area contributed by atoms with Crippen molar-refractivity contribution >= 4 is 24.0 Å². The number of hydrogen-bond acceptors (Lipinski definition) is 4. The largest absolute Gasteiger partial charge is 0.348 e. The van der Waals surface area contributed by atoms with Crippen LogP contribution >= 0.6 is 0 Å². The van der Waals surface area contributed by atoms with E-state index in [0.717, 1.165) is 5.56 Å². The van der Waals surface area contributed by atoms with Crippen LogP contribution in [0.5, 0.6) is 0 Å². The van der Waals surface area contributed by atoms with Gasteiger partial charge in [-0.2, -0.15) is 0 Å². The second-order valence-electron chi connectivity index (χ2n) is 7.55. The maximum absolute atomic E-state index is 13.0. The van der Waals surface area contributed by atoms with Gasteiger partial charge in [0.05, 0.1) is 6.54 Å². The summed E-state index contributed by atoms with van der Waals surface area (Å²) >= 11 is 0. The number of amides is 3. The molecule has 0 saturated carbocycles. The Balaban J connectivity index is -0.00000172. The van der Waals surface area contributed by atoms with E-state index in [1.807, 2.05) is 37.3 Å². The van der Waals surface area contributed by atoms with Gasteiger partial charge in [-0.3, -0.25) is 14.4 Å². The Bertz CT molecular complexity index is 871. The maximum Gasteiger partial charge on any atom is 0.251 e. The molecule has 2 aromatic carbocycles. The van der Waals surface area contributed by atoms with Crippen LogP contribution in [0.1, 0.15) is 60.2 Å².